The molecule has 1 heterocycles. The molecule has 2 atom stereocenters. The summed E-state index contributed by atoms with van der Waals surface area (Å²) < 4.78 is 44.6. The third kappa shape index (κ3) is 5.01. The van der Waals surface area contributed by atoms with Crippen molar-refractivity contribution in [1.29, 1.82) is 0 Å². The van der Waals surface area contributed by atoms with Crippen LogP contribution in [-0.2, 0) is 9.59 Å². The molecule has 0 unspecified atom stereocenters. The normalized spacial score (nSPS) is 18.5. The molecule has 1 aliphatic carbocycles. The second-order valence-corrected chi connectivity index (χ2v) is 5.64. The number of carboxylic acids is 1. The van der Waals surface area contributed by atoms with E-state index in [1.54, 1.807) is 18.3 Å². The third-order valence-corrected chi connectivity index (χ3v) is 3.75. The van der Waals surface area contributed by atoms with Gasteiger partial charge in [0.15, 0.2) is 0 Å². The van der Waals surface area contributed by atoms with Crippen LogP contribution in [0.1, 0.15) is 17.9 Å². The van der Waals surface area contributed by atoms with Crippen LogP contribution < -0.4 is 5.73 Å². The highest BCUT2D eigenvalue weighted by atomic mass is 19.4. The van der Waals surface area contributed by atoms with Gasteiger partial charge in [-0.15, -0.1) is 0 Å². The van der Waals surface area contributed by atoms with Crippen molar-refractivity contribution in [2.24, 2.45) is 11.7 Å². The fourth-order valence-electron chi connectivity index (χ4n) is 2.29. The van der Waals surface area contributed by atoms with Crippen molar-refractivity contribution >= 4 is 11.9 Å². The third-order valence-electron chi connectivity index (χ3n) is 3.75. The van der Waals surface area contributed by atoms with Gasteiger partial charge in [-0.3, -0.25) is 9.78 Å². The maximum Gasteiger partial charge on any atom is 0.490 e. The quantitative estimate of drug-likeness (QED) is 0.812. The number of nitrogens with two attached hydrogens (primary N) is 1. The van der Waals surface area contributed by atoms with Gasteiger partial charge in [0.1, 0.15) is 5.82 Å². The van der Waals surface area contributed by atoms with Crippen molar-refractivity contribution in [3.63, 3.8) is 0 Å². The smallest absolute Gasteiger partial charge is 0.475 e. The van der Waals surface area contributed by atoms with Crippen molar-refractivity contribution in [2.75, 3.05) is 0 Å². The van der Waals surface area contributed by atoms with E-state index >= 15 is 0 Å². The largest absolute Gasteiger partial charge is 0.490 e. The number of aliphatic carboxylic acids is 1. The Morgan fingerprint density at radius 3 is 2.08 bits per heavy atom. The molecule has 9 heteroatoms. The van der Waals surface area contributed by atoms with Gasteiger partial charge >= 0.3 is 12.1 Å². The molecule has 1 aromatic carbocycles. The highest BCUT2D eigenvalue weighted by Crippen LogP contribution is 2.47. The van der Waals surface area contributed by atoms with E-state index in [4.69, 9.17) is 15.6 Å². The van der Waals surface area contributed by atoms with Gasteiger partial charge in [-0.1, -0.05) is 6.07 Å². The molecule has 0 saturated heterocycles. The maximum absolute atomic E-state index is 12.8. The summed E-state index contributed by atoms with van der Waals surface area (Å²) in [6.07, 6.45) is -2.50. The number of hydrogen-bond acceptors (Lipinski definition) is 3. The second-order valence-electron chi connectivity index (χ2n) is 5.64. The molecule has 1 aliphatic rings. The number of amides is 1. The van der Waals surface area contributed by atoms with Gasteiger partial charge < -0.3 is 10.8 Å². The molecule has 1 saturated carbocycles. The average molecular weight is 370 g/mol. The van der Waals surface area contributed by atoms with Crippen LogP contribution in [0.3, 0.4) is 0 Å². The minimum absolute atomic E-state index is 0.0431. The number of benzene rings is 1. The number of primary amides is 1. The maximum atomic E-state index is 12.8. The van der Waals surface area contributed by atoms with Crippen LogP contribution in [-0.4, -0.2) is 28.1 Å². The van der Waals surface area contributed by atoms with Gasteiger partial charge in [0.25, 0.3) is 0 Å². The first-order valence-corrected chi connectivity index (χ1v) is 7.41. The minimum Gasteiger partial charge on any atom is -0.475 e. The zero-order chi connectivity index (χ0) is 19.5. The standard InChI is InChI=1S/C15H13FN2O.C2HF3O2/c16-11-4-1-9(2-5-11)14-6-3-10(8-18-14)12-7-13(12)15(17)19;3-2(4,5)1(6)7/h1-6,8,12-13H,7H2,(H2,17,19);(H,6,7)/t12-,13+;/m0./s1. The number of alkyl halides is 3. The Kier molecular flexibility index (Phi) is 5.59. The van der Waals surface area contributed by atoms with Crippen molar-refractivity contribution in [3.8, 4) is 11.3 Å². The Morgan fingerprint density at radius 2 is 1.69 bits per heavy atom. The molecule has 0 spiro atoms. The summed E-state index contributed by atoms with van der Waals surface area (Å²) in [4.78, 5) is 24.3. The van der Waals surface area contributed by atoms with E-state index in [0.29, 0.717) is 0 Å². The summed E-state index contributed by atoms with van der Waals surface area (Å²) in [7, 11) is 0. The van der Waals surface area contributed by atoms with E-state index in [1.165, 1.54) is 12.1 Å². The lowest BCUT2D eigenvalue weighted by molar-refractivity contribution is -0.192. The van der Waals surface area contributed by atoms with Gasteiger partial charge in [0.2, 0.25) is 5.91 Å². The average Bonchev–Trinajstić information content (AvgIpc) is 3.36. The van der Waals surface area contributed by atoms with Gasteiger partial charge in [0, 0.05) is 17.7 Å². The van der Waals surface area contributed by atoms with Crippen molar-refractivity contribution in [1.82, 2.24) is 4.98 Å². The Balaban J connectivity index is 0.000000298. The zero-order valence-corrected chi connectivity index (χ0v) is 13.2. The Bertz CT molecular complexity index is 789. The number of carbonyl (C=O) groups is 2. The van der Waals surface area contributed by atoms with E-state index < -0.39 is 12.1 Å². The van der Waals surface area contributed by atoms with E-state index in [9.17, 15) is 22.4 Å². The van der Waals surface area contributed by atoms with Crippen molar-refractivity contribution in [2.45, 2.75) is 18.5 Å². The monoisotopic (exact) mass is 370 g/mol. The molecule has 1 amide bonds. The summed E-state index contributed by atoms with van der Waals surface area (Å²) in [5.74, 6) is -3.09. The van der Waals surface area contributed by atoms with E-state index in [1.807, 2.05) is 12.1 Å². The first kappa shape index (κ1) is 19.4. The molecule has 3 rings (SSSR count). The molecule has 1 fully saturated rings. The number of halogens is 4. The molecule has 26 heavy (non-hydrogen) atoms. The van der Waals surface area contributed by atoms with E-state index in [-0.39, 0.29) is 23.6 Å². The van der Waals surface area contributed by atoms with Crippen molar-refractivity contribution in [3.05, 3.63) is 54.0 Å². The minimum atomic E-state index is -5.08. The van der Waals surface area contributed by atoms with Crippen molar-refractivity contribution < 1.29 is 32.3 Å². The number of hydrogen-bond donors (Lipinski definition) is 2. The highest BCUT2D eigenvalue weighted by Gasteiger charge is 2.42. The molecular weight excluding hydrogens is 356 g/mol. The van der Waals surface area contributed by atoms with Gasteiger partial charge in [0.05, 0.1) is 5.69 Å². The SMILES string of the molecule is NC(=O)[C@@H]1C[C@H]1c1ccc(-c2ccc(F)cc2)nc1.O=C(O)C(F)(F)F. The number of nitrogens with zero attached hydrogens (tertiary/aromatic N) is 1. The molecule has 5 nitrogen and oxygen atoms in total. The Hall–Kier alpha value is -2.97. The number of carbonyl (C=O) groups excluding carboxylic acids is 1. The van der Waals surface area contributed by atoms with E-state index in [2.05, 4.69) is 4.98 Å². The molecule has 1 aromatic heterocycles. The summed E-state index contributed by atoms with van der Waals surface area (Å²) in [6, 6.07) is 10.1. The number of pyridine rings is 1. The molecule has 0 aliphatic heterocycles. The fraction of sp³-hybridized carbons (Fsp3) is 0.235. The van der Waals surface area contributed by atoms with Crippen LogP contribution >= 0.6 is 0 Å². The Labute approximate surface area is 145 Å². The highest BCUT2D eigenvalue weighted by molar-refractivity contribution is 5.81. The lowest BCUT2D eigenvalue weighted by Gasteiger charge is -2.03. The van der Waals surface area contributed by atoms with Crippen LogP contribution in [0.5, 0.6) is 0 Å². The summed E-state index contributed by atoms with van der Waals surface area (Å²) in [6.45, 7) is 0. The van der Waals surface area contributed by atoms with Gasteiger partial charge in [-0.05, 0) is 48.2 Å². The van der Waals surface area contributed by atoms with E-state index in [0.717, 1.165) is 23.2 Å². The Morgan fingerprint density at radius 1 is 1.12 bits per heavy atom. The number of carboxylic acid groups (broad SMARTS) is 1. The van der Waals surface area contributed by atoms with Crippen LogP contribution in [0.15, 0.2) is 42.6 Å². The second kappa shape index (κ2) is 7.51. The first-order chi connectivity index (χ1) is 12.1. The fourth-order valence-corrected chi connectivity index (χ4v) is 2.29. The molecular formula is C17H14F4N2O3. The predicted molar refractivity (Wildman–Crippen MR) is 83.4 cm³/mol. The molecule has 3 N–H and O–H groups in total. The number of aromatic nitrogens is 1. The lowest BCUT2D eigenvalue weighted by Crippen LogP contribution is -2.21. The molecule has 2 aromatic rings. The molecule has 0 radical (unpaired) electrons. The number of rotatable bonds is 3. The summed E-state index contributed by atoms with van der Waals surface area (Å²) in [5, 5.41) is 7.12. The van der Waals surface area contributed by atoms with Gasteiger partial charge in [-0.25, -0.2) is 9.18 Å². The van der Waals surface area contributed by atoms with Gasteiger partial charge in [-0.2, -0.15) is 13.2 Å². The summed E-state index contributed by atoms with van der Waals surface area (Å²) in [5.41, 5.74) is 7.96. The first-order valence-electron chi connectivity index (χ1n) is 7.41. The topological polar surface area (TPSA) is 93.3 Å². The van der Waals surface area contributed by atoms with Crippen LogP contribution in [0, 0.1) is 11.7 Å². The lowest BCUT2D eigenvalue weighted by atomic mass is 10.1. The zero-order valence-electron chi connectivity index (χ0n) is 13.2. The molecule has 138 valence electrons. The van der Waals surface area contributed by atoms with Crippen LogP contribution in [0.25, 0.3) is 11.3 Å². The summed E-state index contributed by atoms with van der Waals surface area (Å²) >= 11 is 0. The predicted octanol–water partition coefficient (Wildman–Crippen LogP) is 3.11. The molecule has 0 bridgehead atoms. The van der Waals surface area contributed by atoms with Crippen LogP contribution in [0.4, 0.5) is 17.6 Å². The van der Waals surface area contributed by atoms with Crippen LogP contribution in [0.2, 0.25) is 0 Å².